The van der Waals surface area contributed by atoms with Crippen molar-refractivity contribution in [3.05, 3.63) is 71.9 Å². The van der Waals surface area contributed by atoms with E-state index in [2.05, 4.69) is 22.9 Å². The first kappa shape index (κ1) is 24.3. The molecule has 0 fully saturated rings. The van der Waals surface area contributed by atoms with Crippen molar-refractivity contribution in [2.24, 2.45) is 0 Å². The first-order valence-corrected chi connectivity index (χ1v) is 10.8. The molecule has 0 saturated carbocycles. The third-order valence-electron chi connectivity index (χ3n) is 4.78. The second-order valence-electron chi connectivity index (χ2n) is 8.69. The van der Waals surface area contributed by atoms with Crippen molar-refractivity contribution in [3.63, 3.8) is 0 Å². The lowest BCUT2D eigenvalue weighted by atomic mass is 9.94. The maximum absolute atomic E-state index is 12.5. The second-order valence-corrected chi connectivity index (χ2v) is 8.69. The molecule has 8 nitrogen and oxygen atoms in total. The molecule has 1 heterocycles. The molecule has 1 aliphatic rings. The summed E-state index contributed by atoms with van der Waals surface area (Å²) in [5.74, 6) is 0.289. The molecule has 0 bridgehead atoms. The molecule has 2 aromatic rings. The van der Waals surface area contributed by atoms with E-state index < -0.39 is 17.6 Å². The fraction of sp³-hybridized carbons (Fsp3) is 0.333. The highest BCUT2D eigenvalue weighted by atomic mass is 16.6. The number of esters is 1. The van der Waals surface area contributed by atoms with E-state index in [9.17, 15) is 9.59 Å². The molecule has 1 radical (unpaired) electrons. The van der Waals surface area contributed by atoms with Crippen molar-refractivity contribution < 1.29 is 19.1 Å². The zero-order chi connectivity index (χ0) is 23.8. The molecule has 3 rings (SSSR count). The van der Waals surface area contributed by atoms with Crippen molar-refractivity contribution in [1.29, 1.82) is 0 Å². The molecule has 1 aliphatic heterocycles. The van der Waals surface area contributed by atoms with Crippen LogP contribution in [0.15, 0.2) is 60.8 Å². The van der Waals surface area contributed by atoms with E-state index in [0.29, 0.717) is 25.1 Å². The second kappa shape index (κ2) is 11.0. The van der Waals surface area contributed by atoms with Gasteiger partial charge in [0.25, 0.3) is 7.41 Å². The van der Waals surface area contributed by atoms with Gasteiger partial charge in [-0.1, -0.05) is 42.5 Å². The summed E-state index contributed by atoms with van der Waals surface area (Å²) in [5.41, 5.74) is 5.68. The summed E-state index contributed by atoms with van der Waals surface area (Å²) in [6, 6.07) is 16.9. The van der Waals surface area contributed by atoms with Crippen LogP contribution < -0.4 is 15.5 Å². The van der Waals surface area contributed by atoms with E-state index in [1.54, 1.807) is 0 Å². The Morgan fingerprint density at radius 1 is 1.15 bits per heavy atom. The minimum atomic E-state index is -0.660. The Labute approximate surface area is 195 Å². The van der Waals surface area contributed by atoms with E-state index in [1.807, 2.05) is 86.5 Å². The zero-order valence-electron chi connectivity index (χ0n) is 19.4. The number of carbonyl (C=O) groups is 2. The molecule has 173 valence electrons. The van der Waals surface area contributed by atoms with Crippen molar-refractivity contribution in [1.82, 2.24) is 20.8 Å². The lowest BCUT2D eigenvalue weighted by Gasteiger charge is -2.24. The summed E-state index contributed by atoms with van der Waals surface area (Å²) in [6.45, 7) is 5.74. The minimum Gasteiger partial charge on any atom is -0.472 e. The average Bonchev–Trinajstić information content (AvgIpc) is 3.16. The summed E-state index contributed by atoms with van der Waals surface area (Å²) in [7, 11) is 3.16. The Bertz CT molecular complexity index is 961. The predicted molar refractivity (Wildman–Crippen MR) is 128 cm³/mol. The summed E-state index contributed by atoms with van der Waals surface area (Å²) in [6.07, 6.45) is 2.97. The Morgan fingerprint density at radius 2 is 1.85 bits per heavy atom. The van der Waals surface area contributed by atoms with Crippen LogP contribution in [0, 0.1) is 0 Å². The molecule has 0 amide bonds. The SMILES string of the molecule is CN1NN(COc2ccc(C[C@H](N[B]C=O)C(=O)OC(C)(C)C)cc2)C=C1c1ccccc1. The van der Waals surface area contributed by atoms with Gasteiger partial charge in [-0.2, -0.15) is 0 Å². The van der Waals surface area contributed by atoms with Crippen molar-refractivity contribution in [3.8, 4) is 5.75 Å². The fourth-order valence-corrected chi connectivity index (χ4v) is 3.29. The highest BCUT2D eigenvalue weighted by Gasteiger charge is 2.25. The number of carbonyl (C=O) groups excluding carboxylic acids is 2. The van der Waals surface area contributed by atoms with Crippen LogP contribution in [-0.2, 0) is 20.7 Å². The number of benzene rings is 2. The molecular formula is C24H30BN4O4. The maximum Gasteiger partial charge on any atom is 0.322 e. The predicted octanol–water partition coefficient (Wildman–Crippen LogP) is 2.34. The van der Waals surface area contributed by atoms with Crippen LogP contribution in [0.2, 0.25) is 0 Å². The van der Waals surface area contributed by atoms with Crippen LogP contribution in [0.5, 0.6) is 5.75 Å². The Morgan fingerprint density at radius 3 is 2.48 bits per heavy atom. The maximum atomic E-state index is 12.5. The smallest absolute Gasteiger partial charge is 0.322 e. The van der Waals surface area contributed by atoms with Gasteiger partial charge in [0.2, 0.25) is 0 Å². The zero-order valence-corrected chi connectivity index (χ0v) is 19.4. The van der Waals surface area contributed by atoms with E-state index in [0.717, 1.165) is 16.8 Å². The number of hydrogen-bond acceptors (Lipinski definition) is 8. The third-order valence-corrected chi connectivity index (χ3v) is 4.78. The molecule has 0 aliphatic carbocycles. The summed E-state index contributed by atoms with van der Waals surface area (Å²) >= 11 is 0. The molecule has 2 aromatic carbocycles. The number of nitrogens with zero attached hydrogens (tertiary/aromatic N) is 2. The number of rotatable bonds is 10. The van der Waals surface area contributed by atoms with Gasteiger partial charge in [-0.3, -0.25) is 14.8 Å². The van der Waals surface area contributed by atoms with Crippen LogP contribution in [0.1, 0.15) is 31.9 Å². The van der Waals surface area contributed by atoms with Crippen molar-refractivity contribution in [2.45, 2.75) is 38.8 Å². The molecule has 2 N–H and O–H groups in total. The molecule has 33 heavy (non-hydrogen) atoms. The van der Waals surface area contributed by atoms with Crippen LogP contribution in [0.25, 0.3) is 5.70 Å². The van der Waals surface area contributed by atoms with Gasteiger partial charge in [0.15, 0.2) is 6.73 Å². The van der Waals surface area contributed by atoms with Gasteiger partial charge < -0.3 is 19.5 Å². The monoisotopic (exact) mass is 449 g/mol. The largest absolute Gasteiger partial charge is 0.472 e. The lowest BCUT2D eigenvalue weighted by Crippen LogP contribution is -2.44. The standard InChI is InChI=1S/C24H30BN4O4/c1-24(2,3)33-23(31)21(26-25-16-30)14-18-10-12-20(13-11-18)32-17-29-15-22(28(4)27-29)19-8-6-5-7-9-19/h5-13,15-16,21,26-27H,14,17H2,1-4H3/t21-/m0/s1. The van der Waals surface area contributed by atoms with E-state index in [1.165, 1.54) is 7.41 Å². The van der Waals surface area contributed by atoms with Crippen LogP contribution >= 0.6 is 0 Å². The molecule has 0 saturated heterocycles. The normalized spacial score (nSPS) is 14.5. The molecule has 0 spiro atoms. The van der Waals surface area contributed by atoms with Crippen LogP contribution in [0.3, 0.4) is 0 Å². The molecular weight excluding hydrogens is 419 g/mol. The number of nitrogens with one attached hydrogen (secondary N) is 2. The summed E-state index contributed by atoms with van der Waals surface area (Å²) in [4.78, 5) is 23.2. The lowest BCUT2D eigenvalue weighted by molar-refractivity contribution is -0.156. The Kier molecular flexibility index (Phi) is 8.13. The Balaban J connectivity index is 1.56. The fourth-order valence-electron chi connectivity index (χ4n) is 3.29. The van der Waals surface area contributed by atoms with Gasteiger partial charge in [0.1, 0.15) is 17.4 Å². The molecule has 0 unspecified atom stereocenters. The highest BCUT2D eigenvalue weighted by Crippen LogP contribution is 2.22. The third kappa shape index (κ3) is 7.37. The topological polar surface area (TPSA) is 83.1 Å². The van der Waals surface area contributed by atoms with Gasteiger partial charge in [0, 0.05) is 18.8 Å². The Hall–Kier alpha value is -3.30. The van der Waals surface area contributed by atoms with Gasteiger partial charge in [-0.05, 0) is 44.9 Å². The molecule has 9 heteroatoms. The minimum absolute atomic E-state index is 0.316. The van der Waals surface area contributed by atoms with Crippen molar-refractivity contribution in [2.75, 3.05) is 13.8 Å². The van der Waals surface area contributed by atoms with E-state index in [4.69, 9.17) is 9.47 Å². The number of hydrogen-bond donors (Lipinski definition) is 2. The molecule has 0 aromatic heterocycles. The quantitative estimate of drug-likeness (QED) is 0.325. The number of hydrazine groups is 2. The van der Waals surface area contributed by atoms with Crippen LogP contribution in [-0.4, -0.2) is 55.0 Å². The van der Waals surface area contributed by atoms with Crippen molar-refractivity contribution >= 4 is 25.3 Å². The van der Waals surface area contributed by atoms with Gasteiger partial charge in [-0.25, -0.2) is 0 Å². The molecule has 1 atom stereocenters. The first-order chi connectivity index (χ1) is 15.7. The summed E-state index contributed by atoms with van der Waals surface area (Å²) in [5, 5.41) is 6.60. The first-order valence-electron chi connectivity index (χ1n) is 10.8. The van der Waals surface area contributed by atoms with Gasteiger partial charge in [-0.15, -0.1) is 5.53 Å². The average molecular weight is 449 g/mol. The van der Waals surface area contributed by atoms with E-state index >= 15 is 0 Å². The van der Waals surface area contributed by atoms with Crippen LogP contribution in [0.4, 0.5) is 0 Å². The van der Waals surface area contributed by atoms with Gasteiger partial charge >= 0.3 is 5.97 Å². The van der Waals surface area contributed by atoms with E-state index in [-0.39, 0.29) is 0 Å². The number of ether oxygens (including phenoxy) is 2. The highest BCUT2D eigenvalue weighted by molar-refractivity contribution is 6.64. The van der Waals surface area contributed by atoms with Gasteiger partial charge in [0.05, 0.1) is 11.9 Å². The summed E-state index contributed by atoms with van der Waals surface area (Å²) < 4.78 is 11.3.